The second-order valence-electron chi connectivity index (χ2n) is 4.51. The number of rotatable bonds is 7. The fraction of sp³-hybridized carbons (Fsp3) is 0.308. The molecule has 2 aromatic rings. The third-order valence-corrected chi connectivity index (χ3v) is 4.76. The molecule has 21 heavy (non-hydrogen) atoms. The van der Waals surface area contributed by atoms with Gasteiger partial charge in [0, 0.05) is 36.4 Å². The summed E-state index contributed by atoms with van der Waals surface area (Å²) < 4.78 is 27.0. The van der Waals surface area contributed by atoms with Crippen molar-refractivity contribution in [2.75, 3.05) is 13.6 Å². The van der Waals surface area contributed by atoms with Crippen molar-refractivity contribution < 1.29 is 8.42 Å². The van der Waals surface area contributed by atoms with Crippen LogP contribution in [0.1, 0.15) is 11.3 Å². The number of nitrogens with zero attached hydrogens (tertiary/aromatic N) is 1. The average Bonchev–Trinajstić information content (AvgIpc) is 2.94. The van der Waals surface area contributed by atoms with Gasteiger partial charge in [-0.3, -0.25) is 0 Å². The minimum absolute atomic E-state index is 0.210. The average molecular weight is 329 g/mol. The first-order valence-corrected chi connectivity index (χ1v) is 8.29. The van der Waals surface area contributed by atoms with Crippen molar-refractivity contribution in [3.8, 4) is 0 Å². The highest BCUT2D eigenvalue weighted by Crippen LogP contribution is 2.20. The van der Waals surface area contributed by atoms with Crippen molar-refractivity contribution >= 4 is 21.6 Å². The molecule has 0 amide bonds. The number of imidazole rings is 1. The van der Waals surface area contributed by atoms with Crippen molar-refractivity contribution in [3.05, 3.63) is 47.0 Å². The fourth-order valence-corrected chi connectivity index (χ4v) is 3.14. The lowest BCUT2D eigenvalue weighted by atomic mass is 10.2. The maximum atomic E-state index is 12.2. The van der Waals surface area contributed by atoms with Gasteiger partial charge in [-0.25, -0.2) is 18.1 Å². The third-order valence-electron chi connectivity index (χ3n) is 2.94. The minimum Gasteiger partial charge on any atom is -0.348 e. The molecule has 0 saturated heterocycles. The quantitative estimate of drug-likeness (QED) is 0.715. The Labute approximate surface area is 129 Å². The topological polar surface area (TPSA) is 86.9 Å². The largest absolute Gasteiger partial charge is 0.348 e. The van der Waals surface area contributed by atoms with Crippen LogP contribution in [0.4, 0.5) is 0 Å². The maximum absolute atomic E-state index is 12.2. The van der Waals surface area contributed by atoms with Gasteiger partial charge >= 0.3 is 0 Å². The van der Waals surface area contributed by atoms with Crippen LogP contribution in [0, 0.1) is 0 Å². The predicted octanol–water partition coefficient (Wildman–Crippen LogP) is 1.30. The first-order chi connectivity index (χ1) is 10.0. The Morgan fingerprint density at radius 2 is 2.19 bits per heavy atom. The van der Waals surface area contributed by atoms with Crippen molar-refractivity contribution in [3.63, 3.8) is 0 Å². The van der Waals surface area contributed by atoms with Gasteiger partial charge in [0.15, 0.2) is 0 Å². The Morgan fingerprint density at radius 1 is 1.38 bits per heavy atom. The standard InChI is InChI=1S/C13H17ClN4O2S/c1-15-7-10-6-12(2-3-13(10)14)21(19,20)18-5-4-11-8-16-9-17-11/h2-3,6,8-9,15,18H,4-5,7H2,1H3,(H,16,17). The molecule has 0 aliphatic rings. The summed E-state index contributed by atoms with van der Waals surface area (Å²) in [5.74, 6) is 0. The molecule has 6 nitrogen and oxygen atoms in total. The van der Waals surface area contributed by atoms with E-state index in [0.29, 0.717) is 24.5 Å². The van der Waals surface area contributed by atoms with Gasteiger partial charge in [-0.2, -0.15) is 0 Å². The lowest BCUT2D eigenvalue weighted by Gasteiger charge is -2.09. The monoisotopic (exact) mass is 328 g/mol. The van der Waals surface area contributed by atoms with E-state index in [1.807, 2.05) is 0 Å². The number of hydrogen-bond acceptors (Lipinski definition) is 4. The van der Waals surface area contributed by atoms with Crippen LogP contribution in [0.3, 0.4) is 0 Å². The Morgan fingerprint density at radius 3 is 2.86 bits per heavy atom. The summed E-state index contributed by atoms with van der Waals surface area (Å²) in [4.78, 5) is 7.02. The van der Waals surface area contributed by atoms with Gasteiger partial charge in [-0.05, 0) is 30.8 Å². The Bertz CT molecular complexity index is 686. The zero-order valence-corrected chi connectivity index (χ0v) is 13.1. The van der Waals surface area contributed by atoms with Crippen LogP contribution in [0.5, 0.6) is 0 Å². The molecule has 114 valence electrons. The Hall–Kier alpha value is -1.41. The molecule has 1 heterocycles. The van der Waals surface area contributed by atoms with Gasteiger partial charge < -0.3 is 10.3 Å². The molecule has 0 aliphatic carbocycles. The van der Waals surface area contributed by atoms with E-state index in [9.17, 15) is 8.42 Å². The van der Waals surface area contributed by atoms with Crippen LogP contribution < -0.4 is 10.0 Å². The SMILES string of the molecule is CNCc1cc(S(=O)(=O)NCCc2cnc[nH]2)ccc1Cl. The summed E-state index contributed by atoms with van der Waals surface area (Å²) in [6.07, 6.45) is 3.78. The summed E-state index contributed by atoms with van der Waals surface area (Å²) in [5, 5.41) is 3.50. The summed E-state index contributed by atoms with van der Waals surface area (Å²) in [6, 6.07) is 4.68. The van der Waals surface area contributed by atoms with E-state index < -0.39 is 10.0 Å². The van der Waals surface area contributed by atoms with Gasteiger partial charge in [0.25, 0.3) is 0 Å². The van der Waals surface area contributed by atoms with Crippen LogP contribution in [0.15, 0.2) is 35.6 Å². The van der Waals surface area contributed by atoms with E-state index in [-0.39, 0.29) is 4.90 Å². The van der Waals surface area contributed by atoms with Crippen LogP contribution in [0.25, 0.3) is 0 Å². The number of aromatic nitrogens is 2. The molecule has 0 unspecified atom stereocenters. The molecule has 0 saturated carbocycles. The lowest BCUT2D eigenvalue weighted by molar-refractivity contribution is 0.581. The van der Waals surface area contributed by atoms with E-state index in [2.05, 4.69) is 20.0 Å². The van der Waals surface area contributed by atoms with Crippen molar-refractivity contribution in [2.45, 2.75) is 17.9 Å². The maximum Gasteiger partial charge on any atom is 0.240 e. The molecular formula is C13H17ClN4O2S. The molecule has 3 N–H and O–H groups in total. The molecule has 0 spiro atoms. The Balaban J connectivity index is 2.06. The van der Waals surface area contributed by atoms with Crippen LogP contribution in [0.2, 0.25) is 5.02 Å². The summed E-state index contributed by atoms with van der Waals surface area (Å²) >= 11 is 6.03. The van der Waals surface area contributed by atoms with Gasteiger partial charge in [0.1, 0.15) is 0 Å². The van der Waals surface area contributed by atoms with Crippen LogP contribution in [-0.2, 0) is 23.0 Å². The summed E-state index contributed by atoms with van der Waals surface area (Å²) in [5.41, 5.74) is 1.63. The van der Waals surface area contributed by atoms with Crippen LogP contribution in [-0.4, -0.2) is 32.0 Å². The van der Waals surface area contributed by atoms with Gasteiger partial charge in [0.2, 0.25) is 10.0 Å². The molecular weight excluding hydrogens is 312 g/mol. The third kappa shape index (κ3) is 4.28. The van der Waals surface area contributed by atoms with Crippen molar-refractivity contribution in [1.82, 2.24) is 20.0 Å². The number of hydrogen-bond donors (Lipinski definition) is 3. The predicted molar refractivity (Wildman–Crippen MR) is 81.7 cm³/mol. The minimum atomic E-state index is -3.54. The molecule has 2 rings (SSSR count). The fourth-order valence-electron chi connectivity index (χ4n) is 1.87. The smallest absolute Gasteiger partial charge is 0.240 e. The highest BCUT2D eigenvalue weighted by molar-refractivity contribution is 7.89. The second-order valence-corrected chi connectivity index (χ2v) is 6.68. The van der Waals surface area contributed by atoms with Gasteiger partial charge in [0.05, 0.1) is 11.2 Å². The number of aromatic amines is 1. The zero-order valence-electron chi connectivity index (χ0n) is 11.6. The molecule has 0 atom stereocenters. The second kappa shape index (κ2) is 7.04. The lowest BCUT2D eigenvalue weighted by Crippen LogP contribution is -2.26. The molecule has 1 aromatic heterocycles. The van der Waals surface area contributed by atoms with E-state index in [0.717, 1.165) is 11.3 Å². The zero-order chi connectivity index (χ0) is 15.3. The molecule has 0 radical (unpaired) electrons. The number of nitrogens with one attached hydrogen (secondary N) is 3. The highest BCUT2D eigenvalue weighted by atomic mass is 35.5. The molecule has 8 heteroatoms. The molecule has 0 bridgehead atoms. The van der Waals surface area contributed by atoms with E-state index >= 15 is 0 Å². The highest BCUT2D eigenvalue weighted by Gasteiger charge is 2.15. The van der Waals surface area contributed by atoms with Gasteiger partial charge in [-0.1, -0.05) is 11.6 Å². The van der Waals surface area contributed by atoms with Crippen molar-refractivity contribution in [1.29, 1.82) is 0 Å². The number of benzene rings is 1. The van der Waals surface area contributed by atoms with E-state index in [4.69, 9.17) is 11.6 Å². The molecule has 0 aliphatic heterocycles. The normalized spacial score (nSPS) is 11.7. The molecule has 1 aromatic carbocycles. The van der Waals surface area contributed by atoms with Crippen LogP contribution >= 0.6 is 11.6 Å². The van der Waals surface area contributed by atoms with E-state index in [1.54, 1.807) is 31.7 Å². The number of sulfonamides is 1. The first kappa shape index (κ1) is 16.0. The first-order valence-electron chi connectivity index (χ1n) is 6.43. The Kier molecular flexibility index (Phi) is 5.35. The van der Waals surface area contributed by atoms with Crippen molar-refractivity contribution in [2.24, 2.45) is 0 Å². The number of halogens is 1. The summed E-state index contributed by atoms with van der Waals surface area (Å²) in [6.45, 7) is 0.810. The van der Waals surface area contributed by atoms with E-state index in [1.165, 1.54) is 6.07 Å². The number of H-pyrrole nitrogens is 1. The molecule has 0 fully saturated rings. The van der Waals surface area contributed by atoms with Gasteiger partial charge in [-0.15, -0.1) is 0 Å². The summed E-state index contributed by atoms with van der Waals surface area (Å²) in [7, 11) is -1.76.